The van der Waals surface area contributed by atoms with E-state index >= 15 is 0 Å². The van der Waals surface area contributed by atoms with Crippen LogP contribution in [-0.2, 0) is 11.3 Å². The van der Waals surface area contributed by atoms with E-state index in [1.165, 1.54) is 18.3 Å². The zero-order chi connectivity index (χ0) is 19.0. The highest BCUT2D eigenvalue weighted by atomic mass is 35.5. The Labute approximate surface area is 169 Å². The smallest absolute Gasteiger partial charge is 0.217 e. The number of halogens is 1. The quantitative estimate of drug-likeness (QED) is 0.677. The summed E-state index contributed by atoms with van der Waals surface area (Å²) in [6.07, 6.45) is 3.28. The SMILES string of the molecule is CC(=O)NCc1cc(Cl)c2nc(N3C=CC(c4cccs4)=NC3N)sc2c1. The molecule has 0 saturated carbocycles. The van der Waals surface area contributed by atoms with Gasteiger partial charge < -0.3 is 5.32 Å². The molecule has 3 aromatic rings. The summed E-state index contributed by atoms with van der Waals surface area (Å²) in [5.74, 6) is -0.0833. The van der Waals surface area contributed by atoms with Crippen molar-refractivity contribution in [2.45, 2.75) is 19.8 Å². The molecule has 1 aliphatic heterocycles. The number of anilines is 1. The molecule has 27 heavy (non-hydrogen) atoms. The summed E-state index contributed by atoms with van der Waals surface area (Å²) < 4.78 is 0.937. The van der Waals surface area contributed by atoms with Crippen LogP contribution in [0.4, 0.5) is 5.13 Å². The number of carbonyl (C=O) groups is 1. The van der Waals surface area contributed by atoms with E-state index in [-0.39, 0.29) is 5.91 Å². The minimum Gasteiger partial charge on any atom is -0.352 e. The van der Waals surface area contributed by atoms with Gasteiger partial charge >= 0.3 is 0 Å². The molecule has 138 valence electrons. The standard InChI is InChI=1S/C18H16ClN5OS2/c1-10(25)21-9-11-7-12(19)16-15(8-11)27-18(23-16)24-5-4-13(22-17(24)20)14-3-2-6-26-14/h2-8,17H,9,20H2,1H3,(H,21,25). The number of thiazole rings is 1. The molecule has 1 aromatic carbocycles. The number of thiophene rings is 1. The summed E-state index contributed by atoms with van der Waals surface area (Å²) in [5.41, 5.74) is 8.77. The van der Waals surface area contributed by atoms with Gasteiger partial charge in [-0.05, 0) is 35.2 Å². The van der Waals surface area contributed by atoms with Crippen LogP contribution in [0, 0.1) is 0 Å². The number of nitrogens with one attached hydrogen (secondary N) is 1. The van der Waals surface area contributed by atoms with Gasteiger partial charge in [-0.15, -0.1) is 11.3 Å². The number of hydrogen-bond donors (Lipinski definition) is 2. The first-order chi connectivity index (χ1) is 13.0. The number of carbonyl (C=O) groups excluding carboxylic acids is 1. The predicted molar refractivity (Wildman–Crippen MR) is 113 cm³/mol. The highest BCUT2D eigenvalue weighted by molar-refractivity contribution is 7.22. The van der Waals surface area contributed by atoms with E-state index < -0.39 is 6.29 Å². The largest absolute Gasteiger partial charge is 0.352 e. The first-order valence-corrected chi connectivity index (χ1v) is 10.3. The molecule has 2 aromatic heterocycles. The Balaban J connectivity index is 1.62. The van der Waals surface area contributed by atoms with Crippen molar-refractivity contribution in [3.8, 4) is 0 Å². The van der Waals surface area contributed by atoms with Gasteiger partial charge in [0.2, 0.25) is 5.91 Å². The summed E-state index contributed by atoms with van der Waals surface area (Å²) in [5, 5.41) is 6.06. The van der Waals surface area contributed by atoms with E-state index in [1.54, 1.807) is 11.3 Å². The minimum absolute atomic E-state index is 0.0833. The van der Waals surface area contributed by atoms with Gasteiger partial charge in [0, 0.05) is 19.7 Å². The number of aromatic nitrogens is 1. The van der Waals surface area contributed by atoms with Gasteiger partial charge in [0.05, 0.1) is 20.3 Å². The lowest BCUT2D eigenvalue weighted by molar-refractivity contribution is -0.119. The Hall–Kier alpha value is -2.26. The van der Waals surface area contributed by atoms with Crippen LogP contribution >= 0.6 is 34.3 Å². The number of allylic oxidation sites excluding steroid dienone is 1. The predicted octanol–water partition coefficient (Wildman–Crippen LogP) is 3.71. The van der Waals surface area contributed by atoms with E-state index in [1.807, 2.05) is 46.8 Å². The maximum absolute atomic E-state index is 11.1. The first-order valence-electron chi connectivity index (χ1n) is 8.18. The molecule has 4 rings (SSSR count). The molecule has 0 aliphatic carbocycles. The molecular weight excluding hydrogens is 402 g/mol. The molecule has 1 atom stereocenters. The number of amides is 1. The molecule has 6 nitrogen and oxygen atoms in total. The normalized spacial score (nSPS) is 16.6. The minimum atomic E-state index is -0.551. The third-order valence-corrected chi connectivity index (χ3v) is 6.18. The van der Waals surface area contributed by atoms with Crippen LogP contribution in [-0.4, -0.2) is 22.9 Å². The van der Waals surface area contributed by atoms with E-state index in [0.29, 0.717) is 11.6 Å². The molecule has 9 heteroatoms. The van der Waals surface area contributed by atoms with Gasteiger partial charge in [-0.25, -0.2) is 9.98 Å². The average molecular weight is 418 g/mol. The van der Waals surface area contributed by atoms with Gasteiger partial charge in [0.25, 0.3) is 0 Å². The highest BCUT2D eigenvalue weighted by Gasteiger charge is 2.21. The first kappa shape index (κ1) is 18.1. The van der Waals surface area contributed by atoms with E-state index in [0.717, 1.165) is 31.5 Å². The lowest BCUT2D eigenvalue weighted by Gasteiger charge is -2.25. The van der Waals surface area contributed by atoms with E-state index in [4.69, 9.17) is 17.3 Å². The topological polar surface area (TPSA) is 83.6 Å². The van der Waals surface area contributed by atoms with Gasteiger partial charge in [-0.3, -0.25) is 15.4 Å². The Morgan fingerprint density at radius 1 is 1.44 bits per heavy atom. The van der Waals surface area contributed by atoms with Crippen molar-refractivity contribution in [3.05, 3.63) is 57.4 Å². The van der Waals surface area contributed by atoms with Gasteiger partial charge in [-0.1, -0.05) is 29.0 Å². The zero-order valence-corrected chi connectivity index (χ0v) is 16.7. The number of benzene rings is 1. The zero-order valence-electron chi connectivity index (χ0n) is 14.3. The molecular formula is C18H16ClN5OS2. The van der Waals surface area contributed by atoms with Crippen LogP contribution in [0.25, 0.3) is 10.2 Å². The fraction of sp³-hybridized carbons (Fsp3) is 0.167. The Morgan fingerprint density at radius 2 is 2.30 bits per heavy atom. The fourth-order valence-corrected chi connectivity index (χ4v) is 4.82. The number of nitrogens with two attached hydrogens (primary N) is 1. The van der Waals surface area contributed by atoms with Gasteiger partial charge in [0.15, 0.2) is 11.4 Å². The maximum atomic E-state index is 11.1. The summed E-state index contributed by atoms with van der Waals surface area (Å²) in [6.45, 7) is 1.91. The molecule has 0 radical (unpaired) electrons. The Kier molecular flexibility index (Phi) is 4.96. The monoisotopic (exact) mass is 417 g/mol. The molecule has 0 fully saturated rings. The molecule has 1 amide bonds. The number of fused-ring (bicyclic) bond motifs is 1. The van der Waals surface area contributed by atoms with Gasteiger partial charge in [0.1, 0.15) is 5.52 Å². The van der Waals surface area contributed by atoms with Crippen LogP contribution < -0.4 is 16.0 Å². The fourth-order valence-electron chi connectivity index (χ4n) is 2.70. The van der Waals surface area contributed by atoms with Crippen molar-refractivity contribution in [2.24, 2.45) is 10.7 Å². The second-order valence-electron chi connectivity index (χ2n) is 5.96. The summed E-state index contributed by atoms with van der Waals surface area (Å²) >= 11 is 9.51. The second-order valence-corrected chi connectivity index (χ2v) is 8.32. The van der Waals surface area contributed by atoms with Crippen molar-refractivity contribution in [2.75, 3.05) is 4.90 Å². The van der Waals surface area contributed by atoms with Crippen LogP contribution in [0.3, 0.4) is 0 Å². The van der Waals surface area contributed by atoms with Crippen molar-refractivity contribution in [3.63, 3.8) is 0 Å². The third kappa shape index (κ3) is 3.74. The molecule has 0 saturated heterocycles. The van der Waals surface area contributed by atoms with Crippen molar-refractivity contribution in [1.82, 2.24) is 10.3 Å². The van der Waals surface area contributed by atoms with Crippen LogP contribution in [0.5, 0.6) is 0 Å². The molecule has 0 spiro atoms. The second kappa shape index (κ2) is 7.40. The number of rotatable bonds is 4. The lowest BCUT2D eigenvalue weighted by Crippen LogP contribution is -2.39. The number of hydrogen-bond acceptors (Lipinski definition) is 7. The van der Waals surface area contributed by atoms with Crippen LogP contribution in [0.1, 0.15) is 17.4 Å². The lowest BCUT2D eigenvalue weighted by atomic mass is 10.2. The number of aliphatic imine (C=N–C) groups is 1. The van der Waals surface area contributed by atoms with Crippen LogP contribution in [0.15, 0.2) is 46.9 Å². The maximum Gasteiger partial charge on any atom is 0.217 e. The highest BCUT2D eigenvalue weighted by Crippen LogP contribution is 2.35. The molecule has 3 heterocycles. The third-order valence-electron chi connectivity index (χ3n) is 3.98. The van der Waals surface area contributed by atoms with Crippen LogP contribution in [0.2, 0.25) is 5.02 Å². The number of nitrogens with zero attached hydrogens (tertiary/aromatic N) is 3. The van der Waals surface area contributed by atoms with E-state index in [9.17, 15) is 4.79 Å². The van der Waals surface area contributed by atoms with Gasteiger partial charge in [-0.2, -0.15) is 0 Å². The Morgan fingerprint density at radius 3 is 3.00 bits per heavy atom. The molecule has 3 N–H and O–H groups in total. The molecule has 0 bridgehead atoms. The molecule has 1 unspecified atom stereocenters. The molecule has 1 aliphatic rings. The summed E-state index contributed by atoms with van der Waals surface area (Å²) in [4.78, 5) is 23.2. The Bertz CT molecular complexity index is 1060. The average Bonchev–Trinajstić information content (AvgIpc) is 3.29. The van der Waals surface area contributed by atoms with Crippen molar-refractivity contribution >= 4 is 61.2 Å². The van der Waals surface area contributed by atoms with Crippen molar-refractivity contribution in [1.29, 1.82) is 0 Å². The summed E-state index contributed by atoms with van der Waals surface area (Å²) in [6, 6.07) is 7.81. The van der Waals surface area contributed by atoms with E-state index in [2.05, 4.69) is 15.3 Å². The van der Waals surface area contributed by atoms with Crippen molar-refractivity contribution < 1.29 is 4.79 Å². The summed E-state index contributed by atoms with van der Waals surface area (Å²) in [7, 11) is 0.